The van der Waals surface area contributed by atoms with E-state index in [1.54, 1.807) is 16.9 Å². The molecular weight excluding hydrogens is 410 g/mol. The molecule has 2 aromatic heterocycles. The number of aromatic nitrogens is 3. The SMILES string of the molecule is CCCNC(=O)CNC(=O)c1cc(-c2ccc3c(c2)OCCO3)nc2c1cnn2C(C)C. The monoisotopic (exact) mass is 437 g/mol. The van der Waals surface area contributed by atoms with Crippen LogP contribution < -0.4 is 20.1 Å². The number of carbonyl (C=O) groups excluding carboxylic acids is 2. The standard InChI is InChI=1S/C23H27N5O4/c1-4-7-24-21(29)13-25-23(30)16-11-18(27-22-17(16)12-26-28(22)14(2)3)15-5-6-19-20(10-15)32-9-8-31-19/h5-6,10-12,14H,4,7-9,13H2,1-3H3,(H,24,29)(H,25,30). The van der Waals surface area contributed by atoms with E-state index in [4.69, 9.17) is 14.5 Å². The number of pyridine rings is 1. The Morgan fingerprint density at radius 1 is 1.12 bits per heavy atom. The molecule has 32 heavy (non-hydrogen) atoms. The van der Waals surface area contributed by atoms with Gasteiger partial charge in [0.1, 0.15) is 13.2 Å². The van der Waals surface area contributed by atoms with Gasteiger partial charge >= 0.3 is 0 Å². The molecule has 9 nitrogen and oxygen atoms in total. The number of nitrogens with zero attached hydrogens (tertiary/aromatic N) is 3. The highest BCUT2D eigenvalue weighted by molar-refractivity contribution is 6.07. The number of rotatable bonds is 7. The molecule has 2 amide bonds. The second kappa shape index (κ2) is 9.25. The molecule has 0 spiro atoms. The predicted octanol–water partition coefficient (Wildman–Crippen LogP) is 2.71. The molecule has 4 rings (SSSR count). The van der Waals surface area contributed by atoms with E-state index in [9.17, 15) is 9.59 Å². The molecular formula is C23H27N5O4. The molecule has 0 radical (unpaired) electrons. The van der Waals surface area contributed by atoms with Crippen molar-refractivity contribution in [2.24, 2.45) is 0 Å². The first-order valence-electron chi connectivity index (χ1n) is 10.8. The smallest absolute Gasteiger partial charge is 0.252 e. The van der Waals surface area contributed by atoms with E-state index >= 15 is 0 Å². The summed E-state index contributed by atoms with van der Waals surface area (Å²) in [5.74, 6) is 0.748. The maximum atomic E-state index is 13.0. The minimum absolute atomic E-state index is 0.0613. The van der Waals surface area contributed by atoms with Crippen molar-refractivity contribution < 1.29 is 19.1 Å². The maximum absolute atomic E-state index is 13.0. The molecule has 0 fully saturated rings. The van der Waals surface area contributed by atoms with Crippen LogP contribution >= 0.6 is 0 Å². The molecule has 0 saturated carbocycles. The number of hydrogen-bond donors (Lipinski definition) is 2. The molecule has 1 aromatic carbocycles. The molecule has 9 heteroatoms. The van der Waals surface area contributed by atoms with E-state index < -0.39 is 0 Å². The number of amides is 2. The van der Waals surface area contributed by atoms with E-state index in [1.807, 2.05) is 39.0 Å². The lowest BCUT2D eigenvalue weighted by Gasteiger charge is -2.19. The largest absolute Gasteiger partial charge is 0.486 e. The molecule has 0 atom stereocenters. The van der Waals surface area contributed by atoms with Crippen LogP contribution in [0.1, 0.15) is 43.6 Å². The van der Waals surface area contributed by atoms with Crippen molar-refractivity contribution >= 4 is 22.8 Å². The molecule has 0 saturated heterocycles. The number of carbonyl (C=O) groups is 2. The number of benzene rings is 1. The van der Waals surface area contributed by atoms with E-state index in [1.165, 1.54) is 0 Å². The first-order valence-corrected chi connectivity index (χ1v) is 10.8. The summed E-state index contributed by atoms with van der Waals surface area (Å²) in [6, 6.07) is 7.37. The highest BCUT2D eigenvalue weighted by Gasteiger charge is 2.20. The van der Waals surface area contributed by atoms with Crippen molar-refractivity contribution in [2.45, 2.75) is 33.2 Å². The topological polar surface area (TPSA) is 107 Å². The Kier molecular flexibility index (Phi) is 6.25. The Balaban J connectivity index is 1.72. The van der Waals surface area contributed by atoms with Crippen LogP contribution in [0, 0.1) is 0 Å². The Hall–Kier alpha value is -3.62. The average Bonchev–Trinajstić information content (AvgIpc) is 3.24. The second-order valence-electron chi connectivity index (χ2n) is 7.87. The van der Waals surface area contributed by atoms with Crippen LogP contribution in [-0.2, 0) is 4.79 Å². The van der Waals surface area contributed by atoms with Gasteiger partial charge in [-0.3, -0.25) is 9.59 Å². The fourth-order valence-electron chi connectivity index (χ4n) is 3.52. The Bertz CT molecular complexity index is 1150. The van der Waals surface area contributed by atoms with E-state index in [2.05, 4.69) is 15.7 Å². The summed E-state index contributed by atoms with van der Waals surface area (Å²) in [4.78, 5) is 29.8. The molecule has 0 aliphatic carbocycles. The fraction of sp³-hybridized carbons (Fsp3) is 0.391. The number of ether oxygens (including phenoxy) is 2. The van der Waals surface area contributed by atoms with E-state index in [0.29, 0.717) is 53.5 Å². The van der Waals surface area contributed by atoms with E-state index in [-0.39, 0.29) is 24.4 Å². The lowest BCUT2D eigenvalue weighted by atomic mass is 10.1. The maximum Gasteiger partial charge on any atom is 0.252 e. The average molecular weight is 438 g/mol. The third-order valence-corrected chi connectivity index (χ3v) is 5.12. The second-order valence-corrected chi connectivity index (χ2v) is 7.87. The van der Waals surface area contributed by atoms with Crippen LogP contribution in [0.5, 0.6) is 11.5 Å². The summed E-state index contributed by atoms with van der Waals surface area (Å²) in [7, 11) is 0. The van der Waals surface area contributed by atoms with Gasteiger partial charge in [-0.2, -0.15) is 5.10 Å². The van der Waals surface area contributed by atoms with Crippen LogP contribution in [0.3, 0.4) is 0 Å². The lowest BCUT2D eigenvalue weighted by molar-refractivity contribution is -0.120. The summed E-state index contributed by atoms with van der Waals surface area (Å²) >= 11 is 0. The van der Waals surface area contributed by atoms with Gasteiger partial charge in [0.2, 0.25) is 5.91 Å². The summed E-state index contributed by atoms with van der Waals surface area (Å²) in [5, 5.41) is 10.5. The lowest BCUT2D eigenvalue weighted by Crippen LogP contribution is -2.37. The third kappa shape index (κ3) is 4.37. The van der Waals surface area contributed by atoms with Gasteiger partial charge in [-0.1, -0.05) is 6.92 Å². The highest BCUT2D eigenvalue weighted by atomic mass is 16.6. The third-order valence-electron chi connectivity index (χ3n) is 5.12. The zero-order valence-corrected chi connectivity index (χ0v) is 18.5. The van der Waals surface area contributed by atoms with Gasteiger partial charge in [-0.25, -0.2) is 9.67 Å². The number of fused-ring (bicyclic) bond motifs is 2. The summed E-state index contributed by atoms with van der Waals surface area (Å²) in [6.07, 6.45) is 2.47. The molecule has 2 N–H and O–H groups in total. The molecule has 1 aliphatic rings. The van der Waals surface area contributed by atoms with Crippen LogP contribution in [0.15, 0.2) is 30.5 Å². The Morgan fingerprint density at radius 3 is 2.66 bits per heavy atom. The van der Waals surface area contributed by atoms with Gasteiger partial charge < -0.3 is 20.1 Å². The first kappa shape index (κ1) is 21.6. The van der Waals surface area contributed by atoms with Crippen molar-refractivity contribution in [3.05, 3.63) is 36.0 Å². The first-order chi connectivity index (χ1) is 15.5. The van der Waals surface area contributed by atoms with Crippen molar-refractivity contribution in [1.29, 1.82) is 0 Å². The predicted molar refractivity (Wildman–Crippen MR) is 120 cm³/mol. The van der Waals surface area contributed by atoms with Crippen molar-refractivity contribution in [3.63, 3.8) is 0 Å². The Labute approximate surface area is 186 Å². The van der Waals surface area contributed by atoms with Crippen LogP contribution in [0.2, 0.25) is 0 Å². The van der Waals surface area contributed by atoms with Gasteiger partial charge in [-0.15, -0.1) is 0 Å². The summed E-state index contributed by atoms with van der Waals surface area (Å²) < 4.78 is 13.1. The molecule has 3 aromatic rings. The zero-order valence-electron chi connectivity index (χ0n) is 18.5. The summed E-state index contributed by atoms with van der Waals surface area (Å²) in [6.45, 7) is 7.45. The van der Waals surface area contributed by atoms with Crippen molar-refractivity contribution in [3.8, 4) is 22.8 Å². The molecule has 0 bridgehead atoms. The molecule has 3 heterocycles. The fourth-order valence-corrected chi connectivity index (χ4v) is 3.52. The molecule has 0 unspecified atom stereocenters. The quantitative estimate of drug-likeness (QED) is 0.589. The number of hydrogen-bond acceptors (Lipinski definition) is 6. The minimum atomic E-state index is -0.355. The normalized spacial score (nSPS) is 12.8. The number of nitrogens with one attached hydrogen (secondary N) is 2. The molecule has 1 aliphatic heterocycles. The highest BCUT2D eigenvalue weighted by Crippen LogP contribution is 2.35. The van der Waals surface area contributed by atoms with Gasteiger partial charge in [0, 0.05) is 18.2 Å². The van der Waals surface area contributed by atoms with E-state index in [0.717, 1.165) is 12.0 Å². The van der Waals surface area contributed by atoms with Crippen LogP contribution in [-0.4, -0.2) is 52.9 Å². The zero-order chi connectivity index (χ0) is 22.7. The van der Waals surface area contributed by atoms with Crippen molar-refractivity contribution in [2.75, 3.05) is 26.3 Å². The van der Waals surface area contributed by atoms with Gasteiger partial charge in [-0.05, 0) is 44.5 Å². The molecule has 168 valence electrons. The van der Waals surface area contributed by atoms with Crippen LogP contribution in [0.4, 0.5) is 0 Å². The van der Waals surface area contributed by atoms with Gasteiger partial charge in [0.25, 0.3) is 5.91 Å². The van der Waals surface area contributed by atoms with Gasteiger partial charge in [0.15, 0.2) is 17.1 Å². The van der Waals surface area contributed by atoms with Gasteiger partial charge in [0.05, 0.1) is 29.4 Å². The minimum Gasteiger partial charge on any atom is -0.486 e. The summed E-state index contributed by atoms with van der Waals surface area (Å²) in [5.41, 5.74) is 2.42. The Morgan fingerprint density at radius 2 is 1.91 bits per heavy atom. The van der Waals surface area contributed by atoms with Crippen molar-refractivity contribution in [1.82, 2.24) is 25.4 Å². The van der Waals surface area contributed by atoms with Crippen LogP contribution in [0.25, 0.3) is 22.3 Å².